The number of imidazole rings is 1. The van der Waals surface area contributed by atoms with E-state index in [1.807, 2.05) is 41.8 Å². The first-order chi connectivity index (χ1) is 21.3. The van der Waals surface area contributed by atoms with Gasteiger partial charge in [-0.3, -0.25) is 4.57 Å². The van der Waals surface area contributed by atoms with Crippen LogP contribution < -0.4 is 5.73 Å². The van der Waals surface area contributed by atoms with Crippen LogP contribution in [0.3, 0.4) is 0 Å². The van der Waals surface area contributed by atoms with Crippen molar-refractivity contribution in [2.24, 2.45) is 0 Å². The number of fused-ring (bicyclic) bond motifs is 1. The molecule has 0 amide bonds. The van der Waals surface area contributed by atoms with E-state index in [2.05, 4.69) is 11.9 Å². The van der Waals surface area contributed by atoms with Gasteiger partial charge in [0.1, 0.15) is 18.3 Å². The fourth-order valence-electron chi connectivity index (χ4n) is 5.44. The number of hydrogen-bond donors (Lipinski definition) is 3. The molecular weight excluding hydrogens is 577 g/mol. The fourth-order valence-corrected chi connectivity index (χ4v) is 5.81. The van der Waals surface area contributed by atoms with Crippen molar-refractivity contribution >= 4 is 24.6 Å². The highest BCUT2D eigenvalue weighted by molar-refractivity contribution is 7.51. The SMILES string of the molecule is CCCCCCCCCCCCCCCCOC(CC)c1nc(N)c2nc(-c3ccccc3)n(CCOCP(=O)(O)O)c2n1. The number of aromatic nitrogens is 4. The highest BCUT2D eigenvalue weighted by Gasteiger charge is 2.22. The summed E-state index contributed by atoms with van der Waals surface area (Å²) in [6.07, 6.45) is 18.2. The van der Waals surface area contributed by atoms with Crippen LogP contribution in [0, 0.1) is 0 Å². The molecule has 4 N–H and O–H groups in total. The van der Waals surface area contributed by atoms with Gasteiger partial charge in [0.25, 0.3) is 0 Å². The lowest BCUT2D eigenvalue weighted by Crippen LogP contribution is -2.13. The number of hydrogen-bond acceptors (Lipinski definition) is 7. The summed E-state index contributed by atoms with van der Waals surface area (Å²) in [4.78, 5) is 32.5. The molecule has 0 saturated heterocycles. The Bertz CT molecular complexity index is 1270. The van der Waals surface area contributed by atoms with Crippen LogP contribution in [-0.4, -0.2) is 48.9 Å². The summed E-state index contributed by atoms with van der Waals surface area (Å²) in [5, 5.41) is 0. The number of unbranched alkanes of at least 4 members (excludes halogenated alkanes) is 13. The maximum Gasteiger partial charge on any atom is 0.350 e. The largest absolute Gasteiger partial charge is 0.382 e. The first kappa shape index (κ1) is 36.1. The Morgan fingerprint density at radius 2 is 1.41 bits per heavy atom. The normalized spacial score (nSPS) is 12.7. The molecule has 44 heavy (non-hydrogen) atoms. The molecule has 10 nitrogen and oxygen atoms in total. The molecule has 1 aromatic carbocycles. The van der Waals surface area contributed by atoms with Gasteiger partial charge in [-0.2, -0.15) is 0 Å². The molecule has 3 rings (SSSR count). The second-order valence-electron chi connectivity index (χ2n) is 11.7. The lowest BCUT2D eigenvalue weighted by Gasteiger charge is -2.16. The number of rotatable bonds is 24. The van der Waals surface area contributed by atoms with Gasteiger partial charge in [-0.05, 0) is 12.8 Å². The number of benzene rings is 1. The average Bonchev–Trinajstić information content (AvgIpc) is 3.38. The van der Waals surface area contributed by atoms with E-state index in [-0.39, 0.29) is 25.1 Å². The summed E-state index contributed by atoms with van der Waals surface area (Å²) in [6, 6.07) is 9.64. The van der Waals surface area contributed by atoms with Gasteiger partial charge in [0.2, 0.25) is 0 Å². The van der Waals surface area contributed by atoms with Crippen molar-refractivity contribution < 1.29 is 23.8 Å². The van der Waals surface area contributed by atoms with E-state index in [9.17, 15) is 4.57 Å². The van der Waals surface area contributed by atoms with Crippen molar-refractivity contribution in [2.45, 2.75) is 123 Å². The Balaban J connectivity index is 1.50. The summed E-state index contributed by atoms with van der Waals surface area (Å²) in [5.41, 5.74) is 8.28. The minimum Gasteiger partial charge on any atom is -0.382 e. The zero-order valence-corrected chi connectivity index (χ0v) is 27.7. The number of nitrogens with zero attached hydrogens (tertiary/aromatic N) is 4. The Kier molecular flexibility index (Phi) is 16.3. The number of ether oxygens (including phenoxy) is 2. The average molecular weight is 632 g/mol. The van der Waals surface area contributed by atoms with Gasteiger partial charge in [-0.1, -0.05) is 128 Å². The highest BCUT2D eigenvalue weighted by Crippen LogP contribution is 2.34. The van der Waals surface area contributed by atoms with Gasteiger partial charge in [0, 0.05) is 18.7 Å². The van der Waals surface area contributed by atoms with Crippen LogP contribution in [0.25, 0.3) is 22.6 Å². The zero-order valence-electron chi connectivity index (χ0n) is 26.8. The van der Waals surface area contributed by atoms with Gasteiger partial charge in [0.05, 0.1) is 6.61 Å². The van der Waals surface area contributed by atoms with E-state index in [0.29, 0.717) is 35.8 Å². The molecular formula is C33H54N5O5P. The molecule has 0 aliphatic carbocycles. The fraction of sp³-hybridized carbons (Fsp3) is 0.667. The molecule has 0 radical (unpaired) electrons. The molecule has 246 valence electrons. The van der Waals surface area contributed by atoms with Crippen LogP contribution in [0.1, 0.15) is 122 Å². The Morgan fingerprint density at radius 1 is 0.818 bits per heavy atom. The minimum atomic E-state index is -4.26. The van der Waals surface area contributed by atoms with Crippen molar-refractivity contribution in [3.63, 3.8) is 0 Å². The second kappa shape index (κ2) is 19.9. The van der Waals surface area contributed by atoms with Crippen molar-refractivity contribution in [3.05, 3.63) is 36.2 Å². The maximum absolute atomic E-state index is 11.2. The second-order valence-corrected chi connectivity index (χ2v) is 13.2. The van der Waals surface area contributed by atoms with Crippen molar-refractivity contribution in [1.29, 1.82) is 0 Å². The van der Waals surface area contributed by atoms with Crippen LogP contribution >= 0.6 is 7.60 Å². The van der Waals surface area contributed by atoms with Crippen LogP contribution in [0.15, 0.2) is 30.3 Å². The first-order valence-corrected chi connectivity index (χ1v) is 18.5. The van der Waals surface area contributed by atoms with Crippen LogP contribution in [0.2, 0.25) is 0 Å². The molecule has 1 atom stereocenters. The van der Waals surface area contributed by atoms with E-state index in [0.717, 1.165) is 18.4 Å². The van der Waals surface area contributed by atoms with Crippen molar-refractivity contribution in [1.82, 2.24) is 19.5 Å². The van der Waals surface area contributed by atoms with Crippen molar-refractivity contribution in [2.75, 3.05) is 25.3 Å². The molecule has 0 spiro atoms. The Hall–Kier alpha value is -2.36. The smallest absolute Gasteiger partial charge is 0.350 e. The molecule has 0 aliphatic rings. The summed E-state index contributed by atoms with van der Waals surface area (Å²) >= 11 is 0. The van der Waals surface area contributed by atoms with Gasteiger partial charge < -0.3 is 29.6 Å². The van der Waals surface area contributed by atoms with Crippen LogP contribution in [-0.2, 0) is 20.6 Å². The van der Waals surface area contributed by atoms with E-state index >= 15 is 0 Å². The highest BCUT2D eigenvalue weighted by atomic mass is 31.2. The monoisotopic (exact) mass is 631 g/mol. The third-order valence-electron chi connectivity index (χ3n) is 7.87. The molecule has 3 aromatic rings. The molecule has 2 heterocycles. The molecule has 1 unspecified atom stereocenters. The van der Waals surface area contributed by atoms with Gasteiger partial charge in [-0.15, -0.1) is 0 Å². The summed E-state index contributed by atoms with van der Waals surface area (Å²) < 4.78 is 24.6. The quantitative estimate of drug-likeness (QED) is 0.0658. The lowest BCUT2D eigenvalue weighted by molar-refractivity contribution is 0.0416. The topological polar surface area (TPSA) is 146 Å². The Labute approximate surface area is 263 Å². The predicted octanol–water partition coefficient (Wildman–Crippen LogP) is 8.18. The van der Waals surface area contributed by atoms with Gasteiger partial charge >= 0.3 is 7.60 Å². The van der Waals surface area contributed by atoms with E-state index in [1.165, 1.54) is 77.0 Å². The predicted molar refractivity (Wildman–Crippen MR) is 177 cm³/mol. The molecule has 11 heteroatoms. The third kappa shape index (κ3) is 12.6. The minimum absolute atomic E-state index is 0.0719. The molecule has 0 fully saturated rings. The molecule has 0 aliphatic heterocycles. The van der Waals surface area contributed by atoms with Crippen LogP contribution in [0.4, 0.5) is 5.82 Å². The number of anilines is 1. The maximum atomic E-state index is 11.2. The number of nitrogens with two attached hydrogens (primary N) is 1. The molecule has 0 saturated carbocycles. The summed E-state index contributed by atoms with van der Waals surface area (Å²) in [6.45, 7) is 5.31. The summed E-state index contributed by atoms with van der Waals surface area (Å²) in [7, 11) is -4.26. The standard InChI is InChI=1S/C33H54N5O5P/c1-3-5-6-7-8-9-10-11-12-13-14-15-16-20-24-43-28(4-2)31-36-30(34)29-33(37-31)38(23-25-42-26-44(39,40)41)32(35-29)27-21-18-17-19-22-27/h17-19,21-22,28H,3-16,20,23-26H2,1-2H3,(H2,34,36,37)(H2,39,40,41). The van der Waals surface area contributed by atoms with E-state index in [1.54, 1.807) is 0 Å². The lowest BCUT2D eigenvalue weighted by atomic mass is 10.0. The molecule has 2 aromatic heterocycles. The summed E-state index contributed by atoms with van der Waals surface area (Å²) in [5.74, 6) is 1.42. The van der Waals surface area contributed by atoms with E-state index < -0.39 is 13.9 Å². The van der Waals surface area contributed by atoms with Gasteiger partial charge in [0.15, 0.2) is 22.8 Å². The zero-order chi connectivity index (χ0) is 31.6. The van der Waals surface area contributed by atoms with Gasteiger partial charge in [-0.25, -0.2) is 15.0 Å². The van der Waals surface area contributed by atoms with Crippen molar-refractivity contribution in [3.8, 4) is 11.4 Å². The Morgan fingerprint density at radius 3 is 1.98 bits per heavy atom. The molecule has 0 bridgehead atoms. The van der Waals surface area contributed by atoms with Crippen LogP contribution in [0.5, 0.6) is 0 Å². The van der Waals surface area contributed by atoms with E-state index in [4.69, 9.17) is 35.0 Å². The third-order valence-corrected chi connectivity index (χ3v) is 8.38. The first-order valence-electron chi connectivity index (χ1n) is 16.7. The number of nitrogen functional groups attached to an aromatic ring is 1.